The van der Waals surface area contributed by atoms with Crippen LogP contribution >= 0.6 is 0 Å². The number of aliphatic hydroxyl groups is 7. The average molecular weight is 564 g/mol. The number of fused-ring (bicyclic) bond motifs is 1. The van der Waals surface area contributed by atoms with Gasteiger partial charge in [0.25, 0.3) is 0 Å². The molecule has 0 spiro atoms. The van der Waals surface area contributed by atoms with Crippen LogP contribution in [0.3, 0.4) is 0 Å². The second-order valence-electron chi connectivity index (χ2n) is 9.80. The molecule has 1 aromatic heterocycles. The van der Waals surface area contributed by atoms with Gasteiger partial charge in [-0.15, -0.1) is 0 Å². The maximum atomic E-state index is 13.4. The van der Waals surface area contributed by atoms with Crippen molar-refractivity contribution in [3.63, 3.8) is 0 Å². The summed E-state index contributed by atoms with van der Waals surface area (Å²) in [5.41, 5.74) is -2.19. The lowest BCUT2D eigenvalue weighted by atomic mass is 9.85. The minimum atomic E-state index is -1.96. The third kappa shape index (κ3) is 4.49. The van der Waals surface area contributed by atoms with E-state index < -0.39 is 107 Å². The van der Waals surface area contributed by atoms with Crippen molar-refractivity contribution in [2.45, 2.75) is 54.9 Å². The molecule has 2 fully saturated rings. The molecule has 10 N–H and O–H groups in total. The molecule has 0 aliphatic carbocycles. The first-order chi connectivity index (χ1) is 19.0. The molecule has 3 aromatic rings. The van der Waals surface area contributed by atoms with Gasteiger partial charge in [0.05, 0.1) is 24.3 Å². The number of hydrogen-bond donors (Lipinski definition) is 10. The van der Waals surface area contributed by atoms with Crippen LogP contribution in [0.15, 0.2) is 39.5 Å². The number of hydrogen-bond acceptors (Lipinski definition) is 14. The van der Waals surface area contributed by atoms with Gasteiger partial charge >= 0.3 is 0 Å². The Kier molecular flexibility index (Phi) is 7.47. The molecular weight excluding hydrogens is 536 g/mol. The van der Waals surface area contributed by atoms with Gasteiger partial charge in [0, 0.05) is 11.6 Å². The molecule has 2 aromatic carbocycles. The third-order valence-electron chi connectivity index (χ3n) is 7.31. The summed E-state index contributed by atoms with van der Waals surface area (Å²) in [7, 11) is 0. The smallest absolute Gasteiger partial charge is 0.197 e. The van der Waals surface area contributed by atoms with Gasteiger partial charge in [0.2, 0.25) is 0 Å². The number of phenols is 3. The van der Waals surface area contributed by atoms with Crippen molar-refractivity contribution in [3.05, 3.63) is 51.7 Å². The maximum Gasteiger partial charge on any atom is 0.197 e. The lowest BCUT2D eigenvalue weighted by Gasteiger charge is -2.41. The standard InChI is InChI=1S/C26H28O14/c27-6-13-18(32)21(35)23(37)26(40-13)16-20(34)15(25-22(36)17(31)11(30)7-38-25)19(33)14-10(29)5-12(39-24(14)16)8-1-3-9(28)4-2-8/h1-5,11,13,17-18,21-23,25-28,30-37H,6-7H2/t11-,13-,17-,18-,21+,22+,23-,25-,26+/m1/s1. The first kappa shape index (κ1) is 28.2. The highest BCUT2D eigenvalue weighted by Crippen LogP contribution is 2.50. The Morgan fingerprint density at radius 2 is 1.43 bits per heavy atom. The number of phenolic OH excluding ortho intramolecular Hbond substituents is 3. The predicted molar refractivity (Wildman–Crippen MR) is 132 cm³/mol. The van der Waals surface area contributed by atoms with Crippen LogP contribution in [0.4, 0.5) is 0 Å². The zero-order chi connectivity index (χ0) is 29.0. The van der Waals surface area contributed by atoms with Gasteiger partial charge in [-0.25, -0.2) is 0 Å². The second-order valence-corrected chi connectivity index (χ2v) is 9.80. The van der Waals surface area contributed by atoms with Gasteiger partial charge in [-0.1, -0.05) is 0 Å². The highest BCUT2D eigenvalue weighted by molar-refractivity contribution is 5.92. The second kappa shape index (κ2) is 10.6. The van der Waals surface area contributed by atoms with Gasteiger partial charge in [0.1, 0.15) is 83.3 Å². The number of ether oxygens (including phenoxy) is 2. The Bertz CT molecular complexity index is 1450. The molecule has 0 amide bonds. The molecule has 0 unspecified atom stereocenters. The van der Waals surface area contributed by atoms with E-state index in [4.69, 9.17) is 13.9 Å². The van der Waals surface area contributed by atoms with Crippen molar-refractivity contribution < 1.29 is 65.0 Å². The lowest BCUT2D eigenvalue weighted by Crippen LogP contribution is -2.55. The first-order valence-corrected chi connectivity index (χ1v) is 12.3. The van der Waals surface area contributed by atoms with Crippen LogP contribution in [0.25, 0.3) is 22.3 Å². The van der Waals surface area contributed by atoms with E-state index in [1.807, 2.05) is 0 Å². The molecular formula is C26H28O14. The summed E-state index contributed by atoms with van der Waals surface area (Å²) < 4.78 is 16.9. The zero-order valence-corrected chi connectivity index (χ0v) is 20.6. The Morgan fingerprint density at radius 3 is 2.08 bits per heavy atom. The van der Waals surface area contributed by atoms with Gasteiger partial charge in [0.15, 0.2) is 11.0 Å². The van der Waals surface area contributed by atoms with E-state index in [1.165, 1.54) is 24.3 Å². The monoisotopic (exact) mass is 564 g/mol. The lowest BCUT2D eigenvalue weighted by molar-refractivity contribution is -0.231. The van der Waals surface area contributed by atoms with Crippen molar-refractivity contribution in [1.82, 2.24) is 0 Å². The molecule has 2 aliphatic rings. The quantitative estimate of drug-likeness (QED) is 0.169. The molecule has 40 heavy (non-hydrogen) atoms. The van der Waals surface area contributed by atoms with E-state index in [1.54, 1.807) is 0 Å². The van der Waals surface area contributed by atoms with Crippen LogP contribution in [0, 0.1) is 0 Å². The van der Waals surface area contributed by atoms with Crippen molar-refractivity contribution in [3.8, 4) is 28.6 Å². The van der Waals surface area contributed by atoms with Crippen LogP contribution < -0.4 is 5.43 Å². The predicted octanol–water partition coefficient (Wildman–Crippen LogP) is -1.75. The van der Waals surface area contributed by atoms with E-state index in [0.717, 1.165) is 6.07 Å². The first-order valence-electron chi connectivity index (χ1n) is 12.3. The summed E-state index contributed by atoms with van der Waals surface area (Å²) >= 11 is 0. The Hall–Kier alpha value is -3.31. The highest BCUT2D eigenvalue weighted by Gasteiger charge is 2.48. The van der Waals surface area contributed by atoms with Gasteiger partial charge in [-0.2, -0.15) is 0 Å². The largest absolute Gasteiger partial charge is 0.508 e. The normalized spacial score (nSPS) is 32.8. The fraction of sp³-hybridized carbons (Fsp3) is 0.423. The molecule has 2 saturated heterocycles. The van der Waals surface area contributed by atoms with Crippen LogP contribution in [-0.4, -0.2) is 107 Å². The van der Waals surface area contributed by atoms with E-state index in [-0.39, 0.29) is 11.5 Å². The number of aromatic hydroxyl groups is 3. The molecule has 216 valence electrons. The summed E-state index contributed by atoms with van der Waals surface area (Å²) in [6, 6.07) is 6.47. The summed E-state index contributed by atoms with van der Waals surface area (Å²) in [6.45, 7) is -1.34. The summed E-state index contributed by atoms with van der Waals surface area (Å²) in [5, 5.41) is 104. The van der Waals surface area contributed by atoms with Crippen molar-refractivity contribution >= 4 is 11.0 Å². The minimum Gasteiger partial charge on any atom is -0.508 e. The topological polar surface area (TPSA) is 251 Å². The van der Waals surface area contributed by atoms with Crippen molar-refractivity contribution in [2.75, 3.05) is 13.2 Å². The summed E-state index contributed by atoms with van der Waals surface area (Å²) in [6.07, 6.45) is -15.7. The van der Waals surface area contributed by atoms with E-state index in [2.05, 4.69) is 0 Å². The highest BCUT2D eigenvalue weighted by atomic mass is 16.5. The Morgan fingerprint density at radius 1 is 0.775 bits per heavy atom. The average Bonchev–Trinajstić information content (AvgIpc) is 2.92. The van der Waals surface area contributed by atoms with Gasteiger partial charge < -0.3 is 65.0 Å². The Labute approximate surface area is 224 Å². The van der Waals surface area contributed by atoms with Crippen molar-refractivity contribution in [1.29, 1.82) is 0 Å². The van der Waals surface area contributed by atoms with Gasteiger partial charge in [-0.05, 0) is 24.3 Å². The zero-order valence-electron chi connectivity index (χ0n) is 20.6. The fourth-order valence-electron chi connectivity index (χ4n) is 5.11. The SMILES string of the molecule is O=c1cc(-c2ccc(O)cc2)oc2c([C@@H]3O[C@H](CO)[C@@H](O)[C@H](O)[C@H]3O)c(O)c([C@H]3OC[C@@H](O)[C@@H](O)[C@@H]3O)c(O)c12. The molecule has 0 bridgehead atoms. The fourth-order valence-corrected chi connectivity index (χ4v) is 5.11. The molecule has 9 atom stereocenters. The number of aliphatic hydroxyl groups excluding tert-OH is 7. The van der Waals surface area contributed by atoms with Crippen LogP contribution in [0.1, 0.15) is 23.3 Å². The van der Waals surface area contributed by atoms with E-state index in [9.17, 15) is 55.9 Å². The van der Waals surface area contributed by atoms with Crippen LogP contribution in [-0.2, 0) is 9.47 Å². The summed E-state index contributed by atoms with van der Waals surface area (Å²) in [5.74, 6) is -2.00. The molecule has 14 heteroatoms. The molecule has 14 nitrogen and oxygen atoms in total. The molecule has 0 radical (unpaired) electrons. The molecule has 0 saturated carbocycles. The Balaban J connectivity index is 1.81. The summed E-state index contributed by atoms with van der Waals surface area (Å²) in [4.78, 5) is 13.4. The number of benzene rings is 2. The van der Waals surface area contributed by atoms with Crippen molar-refractivity contribution in [2.24, 2.45) is 0 Å². The number of rotatable bonds is 4. The van der Waals surface area contributed by atoms with Gasteiger partial charge in [-0.3, -0.25) is 4.79 Å². The minimum absolute atomic E-state index is 0.0767. The van der Waals surface area contributed by atoms with Crippen LogP contribution in [0.2, 0.25) is 0 Å². The van der Waals surface area contributed by atoms with E-state index in [0.29, 0.717) is 5.56 Å². The molecule has 2 aliphatic heterocycles. The van der Waals surface area contributed by atoms with Crippen LogP contribution in [0.5, 0.6) is 17.2 Å². The maximum absolute atomic E-state index is 13.4. The van der Waals surface area contributed by atoms with E-state index >= 15 is 0 Å². The molecule has 3 heterocycles. The third-order valence-corrected chi connectivity index (χ3v) is 7.31. The molecule has 5 rings (SSSR count).